The zero-order chi connectivity index (χ0) is 8.72. The van der Waals surface area contributed by atoms with Gasteiger partial charge in [0, 0.05) is 0 Å². The molecule has 0 saturated carbocycles. The molecule has 62 valence electrons. The van der Waals surface area contributed by atoms with Crippen LogP contribution in [-0.2, 0) is 11.3 Å². The van der Waals surface area contributed by atoms with E-state index in [0.717, 1.165) is 16.6 Å². The van der Waals surface area contributed by atoms with Crippen LogP contribution in [0.4, 0.5) is 0 Å². The fraction of sp³-hybridized carbons (Fsp3) is 0.333. The summed E-state index contributed by atoms with van der Waals surface area (Å²) in [5, 5.41) is 9.43. The largest absolute Gasteiger partial charge is 0.492 e. The molecule has 0 aliphatic carbocycles. The summed E-state index contributed by atoms with van der Waals surface area (Å²) in [6.07, 6.45) is 0. The Morgan fingerprint density at radius 1 is 1.42 bits per heavy atom. The van der Waals surface area contributed by atoms with Crippen LogP contribution < -0.4 is 5.46 Å². The minimum Gasteiger partial charge on any atom is -0.423 e. The Morgan fingerprint density at radius 2 is 2.17 bits per heavy atom. The summed E-state index contributed by atoms with van der Waals surface area (Å²) in [6, 6.07) is 4.13. The average Bonchev–Trinajstić information content (AvgIpc) is 2.31. The Hall–Kier alpha value is -0.795. The minimum atomic E-state index is -0.708. The first-order chi connectivity index (χ1) is 5.68. The van der Waals surface area contributed by atoms with Crippen molar-refractivity contribution in [3.8, 4) is 0 Å². The van der Waals surface area contributed by atoms with Crippen LogP contribution in [0.25, 0.3) is 0 Å². The van der Waals surface area contributed by atoms with Crippen molar-refractivity contribution in [2.24, 2.45) is 0 Å². The van der Waals surface area contributed by atoms with Crippen LogP contribution in [0.5, 0.6) is 0 Å². The molecular weight excluding hydrogens is 151 g/mol. The maximum absolute atomic E-state index is 9.43. The maximum Gasteiger partial charge on any atom is 0.492 e. The number of benzene rings is 1. The monoisotopic (exact) mass is 162 g/mol. The highest BCUT2D eigenvalue weighted by molar-refractivity contribution is 6.62. The molecule has 0 bridgehead atoms. The topological polar surface area (TPSA) is 29.5 Å². The molecule has 1 aromatic rings. The normalized spacial score (nSPS) is 15.1. The smallest absolute Gasteiger partial charge is 0.423 e. The van der Waals surface area contributed by atoms with Gasteiger partial charge in [0.2, 0.25) is 0 Å². The van der Waals surface area contributed by atoms with Crippen LogP contribution in [0.15, 0.2) is 12.1 Å². The molecule has 1 N–H and O–H groups in total. The molecule has 2 rings (SSSR count). The lowest BCUT2D eigenvalue weighted by Gasteiger charge is -2.04. The number of hydrogen-bond donors (Lipinski definition) is 1. The molecule has 0 saturated heterocycles. The van der Waals surface area contributed by atoms with Gasteiger partial charge in [-0.3, -0.25) is 0 Å². The number of fused-ring (bicyclic) bond motifs is 1. The molecule has 1 aliphatic rings. The first-order valence-corrected chi connectivity index (χ1v) is 4.08. The summed E-state index contributed by atoms with van der Waals surface area (Å²) in [5.41, 5.74) is 4.43. The molecule has 0 unspecified atom stereocenters. The van der Waals surface area contributed by atoms with Crippen LogP contribution in [0.3, 0.4) is 0 Å². The zero-order valence-corrected chi connectivity index (χ0v) is 7.29. The summed E-state index contributed by atoms with van der Waals surface area (Å²) < 4.78 is 5.11. The Labute approximate surface area is 72.3 Å². The van der Waals surface area contributed by atoms with Crippen LogP contribution in [0.1, 0.15) is 16.7 Å². The molecule has 1 heterocycles. The molecule has 0 spiro atoms. The second-order valence-electron chi connectivity index (χ2n) is 3.32. The average molecular weight is 162 g/mol. The van der Waals surface area contributed by atoms with Crippen molar-refractivity contribution in [2.75, 3.05) is 0 Å². The highest BCUT2D eigenvalue weighted by Gasteiger charge is 2.28. The van der Waals surface area contributed by atoms with Gasteiger partial charge in [-0.2, -0.15) is 0 Å². The lowest BCUT2D eigenvalue weighted by molar-refractivity contribution is 0.275. The van der Waals surface area contributed by atoms with Gasteiger partial charge in [-0.1, -0.05) is 23.3 Å². The molecule has 0 fully saturated rings. The lowest BCUT2D eigenvalue weighted by Crippen LogP contribution is -2.30. The summed E-state index contributed by atoms with van der Waals surface area (Å²) in [5.74, 6) is 0. The second-order valence-corrected chi connectivity index (χ2v) is 3.32. The van der Waals surface area contributed by atoms with E-state index in [0.29, 0.717) is 6.61 Å². The van der Waals surface area contributed by atoms with Crippen molar-refractivity contribution in [1.29, 1.82) is 0 Å². The van der Waals surface area contributed by atoms with Gasteiger partial charge < -0.3 is 9.68 Å². The molecule has 1 aliphatic heterocycles. The van der Waals surface area contributed by atoms with Crippen molar-refractivity contribution in [1.82, 2.24) is 0 Å². The maximum atomic E-state index is 9.43. The van der Waals surface area contributed by atoms with E-state index in [1.165, 1.54) is 5.56 Å². The van der Waals surface area contributed by atoms with Crippen molar-refractivity contribution < 1.29 is 9.68 Å². The Bertz CT molecular complexity index is 323. The highest BCUT2D eigenvalue weighted by atomic mass is 16.5. The summed E-state index contributed by atoms with van der Waals surface area (Å²) in [4.78, 5) is 0. The third-order valence-corrected chi connectivity index (χ3v) is 2.26. The van der Waals surface area contributed by atoms with Crippen molar-refractivity contribution >= 4 is 12.6 Å². The SMILES string of the molecule is Cc1cc(C)c2c(c1)COB2O. The molecule has 0 atom stereocenters. The summed E-state index contributed by atoms with van der Waals surface area (Å²) in [6.45, 7) is 4.60. The molecule has 12 heavy (non-hydrogen) atoms. The molecule has 2 nitrogen and oxygen atoms in total. The number of hydrogen-bond acceptors (Lipinski definition) is 2. The predicted molar refractivity (Wildman–Crippen MR) is 48.3 cm³/mol. The molecule has 0 amide bonds. The van der Waals surface area contributed by atoms with E-state index in [1.54, 1.807) is 0 Å². The van der Waals surface area contributed by atoms with E-state index in [-0.39, 0.29) is 0 Å². The highest BCUT2D eigenvalue weighted by Crippen LogP contribution is 2.14. The van der Waals surface area contributed by atoms with Crippen LogP contribution in [0, 0.1) is 13.8 Å². The standard InChI is InChI=1S/C9H11BO2/c1-6-3-7(2)9-8(4-6)5-12-10(9)11/h3-4,11H,5H2,1-2H3. The van der Waals surface area contributed by atoms with Crippen molar-refractivity contribution in [3.05, 3.63) is 28.8 Å². The van der Waals surface area contributed by atoms with Gasteiger partial charge in [-0.05, 0) is 24.9 Å². The zero-order valence-electron chi connectivity index (χ0n) is 7.29. The van der Waals surface area contributed by atoms with Crippen LogP contribution in [-0.4, -0.2) is 12.1 Å². The van der Waals surface area contributed by atoms with Gasteiger partial charge in [0.15, 0.2) is 0 Å². The van der Waals surface area contributed by atoms with Crippen LogP contribution >= 0.6 is 0 Å². The molecular formula is C9H11BO2. The first kappa shape index (κ1) is 7.83. The minimum absolute atomic E-state index is 0.541. The number of aryl methyl sites for hydroxylation is 2. The fourth-order valence-corrected chi connectivity index (χ4v) is 1.79. The van der Waals surface area contributed by atoms with E-state index in [1.807, 2.05) is 6.92 Å². The van der Waals surface area contributed by atoms with E-state index in [4.69, 9.17) is 4.65 Å². The summed E-state index contributed by atoms with van der Waals surface area (Å²) in [7, 11) is -0.708. The number of rotatable bonds is 0. The quantitative estimate of drug-likeness (QED) is 0.563. The van der Waals surface area contributed by atoms with Crippen LogP contribution in [0.2, 0.25) is 0 Å². The fourth-order valence-electron chi connectivity index (χ4n) is 1.79. The Morgan fingerprint density at radius 3 is 2.92 bits per heavy atom. The van der Waals surface area contributed by atoms with Gasteiger partial charge in [-0.15, -0.1) is 0 Å². The van der Waals surface area contributed by atoms with Gasteiger partial charge in [0.25, 0.3) is 0 Å². The van der Waals surface area contributed by atoms with Gasteiger partial charge in [-0.25, -0.2) is 0 Å². The molecule has 0 radical (unpaired) electrons. The Kier molecular flexibility index (Phi) is 1.70. The van der Waals surface area contributed by atoms with E-state index >= 15 is 0 Å². The van der Waals surface area contributed by atoms with Gasteiger partial charge in [0.1, 0.15) is 0 Å². The van der Waals surface area contributed by atoms with E-state index < -0.39 is 7.12 Å². The van der Waals surface area contributed by atoms with Crippen molar-refractivity contribution in [3.63, 3.8) is 0 Å². The first-order valence-electron chi connectivity index (χ1n) is 4.08. The second kappa shape index (κ2) is 2.61. The lowest BCUT2D eigenvalue weighted by atomic mass is 9.76. The van der Waals surface area contributed by atoms with Gasteiger partial charge >= 0.3 is 7.12 Å². The summed E-state index contributed by atoms with van der Waals surface area (Å²) >= 11 is 0. The predicted octanol–water partition coefficient (Wildman–Crippen LogP) is 0.521. The van der Waals surface area contributed by atoms with Gasteiger partial charge in [0.05, 0.1) is 6.61 Å². The molecule has 1 aromatic carbocycles. The third-order valence-electron chi connectivity index (χ3n) is 2.26. The third kappa shape index (κ3) is 1.06. The van der Waals surface area contributed by atoms with E-state index in [2.05, 4.69) is 19.1 Å². The van der Waals surface area contributed by atoms with Crippen molar-refractivity contribution in [2.45, 2.75) is 20.5 Å². The van der Waals surface area contributed by atoms with E-state index in [9.17, 15) is 5.02 Å². The Balaban J connectivity index is 2.60. The molecule has 0 aromatic heterocycles. The molecule has 3 heteroatoms.